The average Bonchev–Trinajstić information content (AvgIpc) is 2.97. The summed E-state index contributed by atoms with van der Waals surface area (Å²) in [4.78, 5) is 2.45. The van der Waals surface area contributed by atoms with Gasteiger partial charge in [0.1, 0.15) is 0 Å². The molecule has 2 nitrogen and oxygen atoms in total. The largest absolute Gasteiger partial charge is 0.396 e. The van der Waals surface area contributed by atoms with Gasteiger partial charge in [-0.1, -0.05) is 18.2 Å². The first kappa shape index (κ1) is 11.2. The van der Waals surface area contributed by atoms with Crippen LogP contribution in [0.2, 0.25) is 0 Å². The van der Waals surface area contributed by atoms with Crippen LogP contribution in [0.1, 0.15) is 12.0 Å². The molecule has 2 aromatic rings. The van der Waals surface area contributed by atoms with Crippen LogP contribution in [0.5, 0.6) is 0 Å². The smallest absolute Gasteiger partial charge is 0.0471 e. The molecule has 1 aromatic heterocycles. The van der Waals surface area contributed by atoms with Gasteiger partial charge in [0.25, 0.3) is 0 Å². The van der Waals surface area contributed by atoms with Crippen LogP contribution in [0.4, 0.5) is 0 Å². The third kappa shape index (κ3) is 2.23. The summed E-state index contributed by atoms with van der Waals surface area (Å²) in [6.45, 7) is 3.53. The van der Waals surface area contributed by atoms with Crippen molar-refractivity contribution in [3.63, 3.8) is 0 Å². The Kier molecular flexibility index (Phi) is 3.14. The number of likely N-dealkylation sites (tertiary alicyclic amines) is 1. The number of nitrogens with zero attached hydrogens (tertiary/aromatic N) is 1. The first-order valence-corrected chi connectivity index (χ1v) is 7.03. The molecule has 0 bridgehead atoms. The topological polar surface area (TPSA) is 23.5 Å². The highest BCUT2D eigenvalue weighted by molar-refractivity contribution is 7.17. The van der Waals surface area contributed by atoms with Gasteiger partial charge in [0.05, 0.1) is 0 Å². The van der Waals surface area contributed by atoms with Gasteiger partial charge in [0.15, 0.2) is 0 Å². The second kappa shape index (κ2) is 4.77. The molecule has 1 saturated heterocycles. The molecule has 2 heterocycles. The van der Waals surface area contributed by atoms with E-state index in [-0.39, 0.29) is 0 Å². The number of thiophene rings is 1. The highest BCUT2D eigenvalue weighted by atomic mass is 32.1. The lowest BCUT2D eigenvalue weighted by Gasteiger charge is -2.14. The van der Waals surface area contributed by atoms with Crippen LogP contribution >= 0.6 is 11.3 Å². The van der Waals surface area contributed by atoms with Gasteiger partial charge in [-0.2, -0.15) is 0 Å². The second-order valence-corrected chi connectivity index (χ2v) is 5.74. The standard InChI is InChI=1S/C14H17NOS/c16-9-11-5-6-15(7-11)8-12-10-17-14-4-2-1-3-13(12)14/h1-4,10-11,16H,5-9H2. The van der Waals surface area contributed by atoms with E-state index in [1.54, 1.807) is 0 Å². The maximum absolute atomic E-state index is 9.16. The fourth-order valence-electron chi connectivity index (χ4n) is 2.60. The summed E-state index contributed by atoms with van der Waals surface area (Å²) in [5, 5.41) is 12.8. The van der Waals surface area contributed by atoms with E-state index in [1.165, 1.54) is 15.6 Å². The zero-order valence-corrected chi connectivity index (χ0v) is 10.6. The van der Waals surface area contributed by atoms with Crippen LogP contribution in [0.25, 0.3) is 10.1 Å². The van der Waals surface area contributed by atoms with Crippen molar-refractivity contribution in [3.8, 4) is 0 Å². The minimum atomic E-state index is 0.334. The van der Waals surface area contributed by atoms with Crippen molar-refractivity contribution in [2.45, 2.75) is 13.0 Å². The Labute approximate surface area is 105 Å². The van der Waals surface area contributed by atoms with Gasteiger partial charge in [0.2, 0.25) is 0 Å². The Balaban J connectivity index is 1.77. The third-order valence-electron chi connectivity index (χ3n) is 3.58. The molecule has 1 atom stereocenters. The zero-order valence-electron chi connectivity index (χ0n) is 9.80. The summed E-state index contributed by atoms with van der Waals surface area (Å²) < 4.78 is 1.38. The number of hydrogen-bond acceptors (Lipinski definition) is 3. The molecule has 1 fully saturated rings. The van der Waals surface area contributed by atoms with Crippen molar-refractivity contribution in [1.82, 2.24) is 4.90 Å². The third-order valence-corrected chi connectivity index (χ3v) is 4.60. The number of fused-ring (bicyclic) bond motifs is 1. The van der Waals surface area contributed by atoms with Crippen molar-refractivity contribution in [1.29, 1.82) is 0 Å². The van der Waals surface area contributed by atoms with Gasteiger partial charge in [-0.3, -0.25) is 4.90 Å². The van der Waals surface area contributed by atoms with Gasteiger partial charge in [0, 0.05) is 24.4 Å². The molecule has 3 heteroatoms. The number of rotatable bonds is 3. The van der Waals surface area contributed by atoms with Crippen LogP contribution in [-0.2, 0) is 6.54 Å². The first-order valence-electron chi connectivity index (χ1n) is 6.15. The molecular weight excluding hydrogens is 230 g/mol. The van der Waals surface area contributed by atoms with Crippen molar-refractivity contribution >= 4 is 21.4 Å². The van der Waals surface area contributed by atoms with E-state index in [0.29, 0.717) is 12.5 Å². The Bertz CT molecular complexity index is 508. The molecule has 0 radical (unpaired) electrons. The molecular formula is C14H17NOS. The van der Waals surface area contributed by atoms with Crippen LogP contribution in [-0.4, -0.2) is 29.7 Å². The predicted molar refractivity (Wildman–Crippen MR) is 72.3 cm³/mol. The monoisotopic (exact) mass is 247 g/mol. The lowest BCUT2D eigenvalue weighted by atomic mass is 10.1. The summed E-state index contributed by atoms with van der Waals surface area (Å²) in [6.07, 6.45) is 1.14. The molecule has 1 aliphatic heterocycles. The van der Waals surface area contributed by atoms with E-state index < -0.39 is 0 Å². The lowest BCUT2D eigenvalue weighted by molar-refractivity contribution is 0.220. The van der Waals surface area contributed by atoms with Gasteiger partial charge in [-0.15, -0.1) is 11.3 Å². The number of aliphatic hydroxyl groups excluding tert-OH is 1. The van der Waals surface area contributed by atoms with E-state index in [2.05, 4.69) is 34.5 Å². The van der Waals surface area contributed by atoms with E-state index >= 15 is 0 Å². The summed E-state index contributed by atoms with van der Waals surface area (Å²) in [5.41, 5.74) is 1.43. The molecule has 17 heavy (non-hydrogen) atoms. The van der Waals surface area contributed by atoms with Gasteiger partial charge < -0.3 is 5.11 Å². The maximum Gasteiger partial charge on any atom is 0.0471 e. The van der Waals surface area contributed by atoms with Crippen LogP contribution in [0, 0.1) is 5.92 Å². The van der Waals surface area contributed by atoms with Gasteiger partial charge in [-0.05, 0) is 41.3 Å². The Morgan fingerprint density at radius 3 is 3.06 bits per heavy atom. The van der Waals surface area contributed by atoms with Gasteiger partial charge >= 0.3 is 0 Å². The first-order chi connectivity index (χ1) is 8.36. The quantitative estimate of drug-likeness (QED) is 0.901. The molecule has 1 aliphatic rings. The van der Waals surface area contributed by atoms with Crippen LogP contribution < -0.4 is 0 Å². The minimum Gasteiger partial charge on any atom is -0.396 e. The van der Waals surface area contributed by atoms with Crippen molar-refractivity contribution in [3.05, 3.63) is 35.2 Å². The van der Waals surface area contributed by atoms with E-state index in [1.807, 2.05) is 11.3 Å². The Morgan fingerprint density at radius 2 is 2.24 bits per heavy atom. The van der Waals surface area contributed by atoms with E-state index in [0.717, 1.165) is 26.1 Å². The summed E-state index contributed by atoms with van der Waals surface area (Å²) in [7, 11) is 0. The Morgan fingerprint density at radius 1 is 1.35 bits per heavy atom. The molecule has 90 valence electrons. The predicted octanol–water partition coefficient (Wildman–Crippen LogP) is 2.72. The molecule has 1 aromatic carbocycles. The average molecular weight is 247 g/mol. The molecule has 1 unspecified atom stereocenters. The van der Waals surface area contributed by atoms with Crippen molar-refractivity contribution in [2.24, 2.45) is 5.92 Å². The molecule has 1 N–H and O–H groups in total. The fourth-order valence-corrected chi connectivity index (χ4v) is 3.56. The van der Waals surface area contributed by atoms with Crippen LogP contribution in [0.3, 0.4) is 0 Å². The molecule has 0 saturated carbocycles. The normalized spacial score (nSPS) is 21.4. The maximum atomic E-state index is 9.16. The number of hydrogen-bond donors (Lipinski definition) is 1. The van der Waals surface area contributed by atoms with E-state index in [4.69, 9.17) is 5.11 Å². The number of benzene rings is 1. The minimum absolute atomic E-state index is 0.334. The fraction of sp³-hybridized carbons (Fsp3) is 0.429. The Hall–Kier alpha value is -0.900. The second-order valence-electron chi connectivity index (χ2n) is 4.83. The van der Waals surface area contributed by atoms with E-state index in [9.17, 15) is 0 Å². The highest BCUT2D eigenvalue weighted by Crippen LogP contribution is 2.28. The molecule has 0 spiro atoms. The van der Waals surface area contributed by atoms with Gasteiger partial charge in [-0.25, -0.2) is 0 Å². The van der Waals surface area contributed by atoms with Crippen molar-refractivity contribution < 1.29 is 5.11 Å². The molecule has 0 amide bonds. The molecule has 0 aliphatic carbocycles. The summed E-state index contributed by atoms with van der Waals surface area (Å²) in [6, 6.07) is 8.60. The lowest BCUT2D eigenvalue weighted by Crippen LogP contribution is -2.20. The van der Waals surface area contributed by atoms with Crippen LogP contribution in [0.15, 0.2) is 29.6 Å². The highest BCUT2D eigenvalue weighted by Gasteiger charge is 2.22. The summed E-state index contributed by atoms with van der Waals surface area (Å²) >= 11 is 1.83. The number of aliphatic hydroxyl groups is 1. The summed E-state index contributed by atoms with van der Waals surface area (Å²) in [5.74, 6) is 0.486. The SMILES string of the molecule is OCC1CCN(Cc2csc3ccccc23)C1. The molecule has 3 rings (SSSR count). The zero-order chi connectivity index (χ0) is 11.7. The van der Waals surface area contributed by atoms with Crippen molar-refractivity contribution in [2.75, 3.05) is 19.7 Å².